The van der Waals surface area contributed by atoms with Gasteiger partial charge in [-0.25, -0.2) is 9.78 Å². The molecule has 100 valence electrons. The van der Waals surface area contributed by atoms with Gasteiger partial charge >= 0.3 is 5.97 Å². The van der Waals surface area contributed by atoms with Crippen LogP contribution in [0.15, 0.2) is 22.6 Å². The number of hydrogen-bond acceptors (Lipinski definition) is 4. The molecule has 0 N–H and O–H groups in total. The van der Waals surface area contributed by atoms with Gasteiger partial charge in [0.25, 0.3) is 0 Å². The van der Waals surface area contributed by atoms with Crippen molar-refractivity contribution < 1.29 is 13.9 Å². The van der Waals surface area contributed by atoms with Crippen LogP contribution in [-0.2, 0) is 4.74 Å². The highest BCUT2D eigenvalue weighted by Crippen LogP contribution is 2.26. The van der Waals surface area contributed by atoms with Crippen LogP contribution < -0.4 is 0 Å². The molecule has 0 saturated heterocycles. The molecule has 19 heavy (non-hydrogen) atoms. The highest BCUT2D eigenvalue weighted by atomic mass is 16.5. The van der Waals surface area contributed by atoms with E-state index in [1.807, 2.05) is 32.0 Å². The third-order valence-electron chi connectivity index (χ3n) is 2.89. The first kappa shape index (κ1) is 13.3. The Hall–Kier alpha value is -2.10. The highest BCUT2D eigenvalue weighted by Gasteiger charge is 2.19. The van der Waals surface area contributed by atoms with Crippen LogP contribution in [0.3, 0.4) is 0 Å². The Morgan fingerprint density at radius 3 is 2.74 bits per heavy atom. The average molecular weight is 259 g/mol. The standard InChI is InChI=1S/C15H17NO3/c1-5-18-15(17)13-11(4)19-14(16-13)12-8-9(2)6-7-10(12)3/h6-8H,5H2,1-4H3. The largest absolute Gasteiger partial charge is 0.461 e. The lowest BCUT2D eigenvalue weighted by atomic mass is 10.1. The van der Waals surface area contributed by atoms with Crippen LogP contribution in [0.25, 0.3) is 11.5 Å². The van der Waals surface area contributed by atoms with Gasteiger partial charge in [0, 0.05) is 5.56 Å². The summed E-state index contributed by atoms with van der Waals surface area (Å²) < 4.78 is 10.5. The van der Waals surface area contributed by atoms with Crippen LogP contribution >= 0.6 is 0 Å². The van der Waals surface area contributed by atoms with E-state index in [4.69, 9.17) is 9.15 Å². The minimum atomic E-state index is -0.444. The van der Waals surface area contributed by atoms with Gasteiger partial charge in [-0.1, -0.05) is 17.7 Å². The van der Waals surface area contributed by atoms with Gasteiger partial charge in [0.05, 0.1) is 6.61 Å². The number of hydrogen-bond donors (Lipinski definition) is 0. The summed E-state index contributed by atoms with van der Waals surface area (Å²) in [7, 11) is 0. The first-order valence-corrected chi connectivity index (χ1v) is 6.25. The maximum absolute atomic E-state index is 11.7. The van der Waals surface area contributed by atoms with E-state index in [-0.39, 0.29) is 5.69 Å². The molecule has 0 radical (unpaired) electrons. The molecular formula is C15H17NO3. The summed E-state index contributed by atoms with van der Waals surface area (Å²) in [5.74, 6) is 0.497. The molecule has 1 heterocycles. The summed E-state index contributed by atoms with van der Waals surface area (Å²) >= 11 is 0. The summed E-state index contributed by atoms with van der Waals surface area (Å²) in [6.45, 7) is 7.79. The molecule has 0 aliphatic carbocycles. The lowest BCUT2D eigenvalue weighted by Crippen LogP contribution is -2.06. The number of oxazole rings is 1. The number of aromatic nitrogens is 1. The SMILES string of the molecule is CCOC(=O)c1nc(-c2cc(C)ccc2C)oc1C. The van der Waals surface area contributed by atoms with E-state index in [0.717, 1.165) is 16.7 Å². The predicted octanol–water partition coefficient (Wildman–Crippen LogP) is 3.44. The molecule has 1 aromatic carbocycles. The minimum absolute atomic E-state index is 0.248. The van der Waals surface area contributed by atoms with Crippen molar-refractivity contribution >= 4 is 5.97 Å². The Morgan fingerprint density at radius 1 is 1.32 bits per heavy atom. The van der Waals surface area contributed by atoms with Gasteiger partial charge in [0.15, 0.2) is 5.69 Å². The summed E-state index contributed by atoms with van der Waals surface area (Å²) in [4.78, 5) is 16.0. The van der Waals surface area contributed by atoms with Crippen molar-refractivity contribution in [3.05, 3.63) is 40.8 Å². The molecule has 0 bridgehead atoms. The fraction of sp³-hybridized carbons (Fsp3) is 0.333. The summed E-state index contributed by atoms with van der Waals surface area (Å²) in [6.07, 6.45) is 0. The van der Waals surface area contributed by atoms with E-state index >= 15 is 0 Å². The molecule has 4 heteroatoms. The summed E-state index contributed by atoms with van der Waals surface area (Å²) in [6, 6.07) is 6.03. The van der Waals surface area contributed by atoms with Crippen molar-refractivity contribution in [2.45, 2.75) is 27.7 Å². The van der Waals surface area contributed by atoms with Gasteiger partial charge in [-0.05, 0) is 39.3 Å². The average Bonchev–Trinajstić information content (AvgIpc) is 2.74. The second kappa shape index (κ2) is 5.26. The Labute approximate surface area is 112 Å². The van der Waals surface area contributed by atoms with Crippen molar-refractivity contribution in [2.75, 3.05) is 6.61 Å². The molecule has 0 aliphatic rings. The number of rotatable bonds is 3. The second-order valence-electron chi connectivity index (χ2n) is 4.46. The number of nitrogens with zero attached hydrogens (tertiary/aromatic N) is 1. The van der Waals surface area contributed by atoms with Crippen LogP contribution in [0.1, 0.15) is 34.3 Å². The van der Waals surface area contributed by atoms with Gasteiger partial charge in [0.2, 0.25) is 5.89 Å². The van der Waals surface area contributed by atoms with Crippen molar-refractivity contribution in [1.82, 2.24) is 4.98 Å². The molecule has 1 aromatic heterocycles. The molecule has 0 fully saturated rings. The van der Waals surface area contributed by atoms with E-state index < -0.39 is 5.97 Å². The Kier molecular flexibility index (Phi) is 3.69. The van der Waals surface area contributed by atoms with Crippen LogP contribution in [0.4, 0.5) is 0 Å². The van der Waals surface area contributed by atoms with Gasteiger partial charge < -0.3 is 9.15 Å². The molecule has 4 nitrogen and oxygen atoms in total. The second-order valence-corrected chi connectivity index (χ2v) is 4.46. The maximum atomic E-state index is 11.7. The first-order chi connectivity index (χ1) is 9.02. The highest BCUT2D eigenvalue weighted by molar-refractivity contribution is 5.89. The Balaban J connectivity index is 2.44. The molecule has 2 aromatic rings. The number of esters is 1. The van der Waals surface area contributed by atoms with E-state index in [2.05, 4.69) is 4.98 Å². The van der Waals surface area contributed by atoms with Crippen LogP contribution in [0, 0.1) is 20.8 Å². The van der Waals surface area contributed by atoms with Gasteiger partial charge in [-0.2, -0.15) is 0 Å². The molecule has 0 aliphatic heterocycles. The molecule has 0 atom stereocenters. The molecule has 2 rings (SSSR count). The van der Waals surface area contributed by atoms with Crippen molar-refractivity contribution in [3.63, 3.8) is 0 Å². The third kappa shape index (κ3) is 2.67. The number of carbonyl (C=O) groups excluding carboxylic acids is 1. The number of aryl methyl sites for hydroxylation is 3. The fourth-order valence-corrected chi connectivity index (χ4v) is 1.87. The van der Waals surface area contributed by atoms with Crippen LogP contribution in [0.5, 0.6) is 0 Å². The lowest BCUT2D eigenvalue weighted by molar-refractivity contribution is 0.0518. The number of benzene rings is 1. The molecule has 0 saturated carbocycles. The van der Waals surface area contributed by atoms with Gasteiger partial charge in [-0.15, -0.1) is 0 Å². The smallest absolute Gasteiger partial charge is 0.360 e. The monoisotopic (exact) mass is 259 g/mol. The quantitative estimate of drug-likeness (QED) is 0.792. The normalized spacial score (nSPS) is 10.5. The van der Waals surface area contributed by atoms with Crippen molar-refractivity contribution in [2.24, 2.45) is 0 Å². The first-order valence-electron chi connectivity index (χ1n) is 6.25. The van der Waals surface area contributed by atoms with Crippen LogP contribution in [0.2, 0.25) is 0 Å². The zero-order valence-corrected chi connectivity index (χ0v) is 11.6. The summed E-state index contributed by atoms with van der Waals surface area (Å²) in [5, 5.41) is 0. The lowest BCUT2D eigenvalue weighted by Gasteiger charge is -2.02. The zero-order chi connectivity index (χ0) is 14.0. The number of carbonyl (C=O) groups is 1. The molecule has 0 spiro atoms. The van der Waals surface area contributed by atoms with E-state index in [0.29, 0.717) is 18.3 Å². The maximum Gasteiger partial charge on any atom is 0.360 e. The fourth-order valence-electron chi connectivity index (χ4n) is 1.87. The molecular weight excluding hydrogens is 242 g/mol. The van der Waals surface area contributed by atoms with Gasteiger partial charge in [-0.3, -0.25) is 0 Å². The molecule has 0 unspecified atom stereocenters. The number of ether oxygens (including phenoxy) is 1. The van der Waals surface area contributed by atoms with Crippen molar-refractivity contribution in [1.29, 1.82) is 0 Å². The topological polar surface area (TPSA) is 52.3 Å². The van der Waals surface area contributed by atoms with E-state index in [1.165, 1.54) is 0 Å². The van der Waals surface area contributed by atoms with E-state index in [9.17, 15) is 4.79 Å². The third-order valence-corrected chi connectivity index (χ3v) is 2.89. The minimum Gasteiger partial charge on any atom is -0.461 e. The Bertz CT molecular complexity index is 614. The predicted molar refractivity (Wildman–Crippen MR) is 72.1 cm³/mol. The Morgan fingerprint density at radius 2 is 2.05 bits per heavy atom. The van der Waals surface area contributed by atoms with Crippen molar-refractivity contribution in [3.8, 4) is 11.5 Å². The van der Waals surface area contributed by atoms with Gasteiger partial charge in [0.1, 0.15) is 5.76 Å². The molecule has 0 amide bonds. The summed E-state index contributed by atoms with van der Waals surface area (Å²) in [5.41, 5.74) is 3.33. The van der Waals surface area contributed by atoms with Crippen LogP contribution in [-0.4, -0.2) is 17.6 Å². The van der Waals surface area contributed by atoms with E-state index in [1.54, 1.807) is 13.8 Å². The zero-order valence-electron chi connectivity index (χ0n) is 11.6.